The molecule has 6 heteroatoms. The Morgan fingerprint density at radius 2 is 0.615 bits per heavy atom. The van der Waals surface area contributed by atoms with E-state index in [9.17, 15) is 19.2 Å². The smallest absolute Gasteiger partial charge is 0.159 e. The number of carbonyl (C=O) groups is 4. The van der Waals surface area contributed by atoms with E-state index in [0.717, 1.165) is 56.7 Å². The fourth-order valence-corrected chi connectivity index (χ4v) is 6.96. The van der Waals surface area contributed by atoms with Gasteiger partial charge in [0.25, 0.3) is 0 Å². The number of hydrogen-bond acceptors (Lipinski definition) is 4. The first kappa shape index (κ1) is 34.1. The topological polar surface area (TPSA) is 78.1 Å². The van der Waals surface area contributed by atoms with E-state index in [2.05, 4.69) is 33.4 Å². The minimum atomic E-state index is 0.0404. The van der Waals surface area contributed by atoms with Gasteiger partial charge in [-0.1, -0.05) is 60.7 Å². The third-order valence-electron chi connectivity index (χ3n) is 9.72. The summed E-state index contributed by atoms with van der Waals surface area (Å²) in [5, 5.41) is 4.02. The van der Waals surface area contributed by atoms with Gasteiger partial charge in [-0.05, 0) is 112 Å². The van der Waals surface area contributed by atoms with Crippen LogP contribution in [0, 0.1) is 0 Å². The predicted molar refractivity (Wildman–Crippen MR) is 210 cm³/mol. The number of Topliss-reactive ketones (excluding diaryl/α,β-unsaturated/α-hetero) is 4. The molecule has 0 N–H and O–H groups in total. The molecule has 0 saturated heterocycles. The third-order valence-corrected chi connectivity index (χ3v) is 9.72. The van der Waals surface area contributed by atoms with E-state index in [1.54, 1.807) is 27.7 Å². The Bertz CT molecular complexity index is 2350. The zero-order valence-electron chi connectivity index (χ0n) is 29.6. The number of aromatic nitrogens is 2. The normalized spacial score (nSPS) is 11.2. The molecule has 2 heterocycles. The quantitative estimate of drug-likeness (QED) is 0.149. The molecule has 0 atom stereocenters. The van der Waals surface area contributed by atoms with Crippen LogP contribution < -0.4 is 0 Å². The van der Waals surface area contributed by atoms with Crippen LogP contribution in [0.2, 0.25) is 0 Å². The second-order valence-corrected chi connectivity index (χ2v) is 13.3. The first-order valence-corrected chi connectivity index (χ1v) is 17.3. The second-order valence-electron chi connectivity index (χ2n) is 13.3. The van der Waals surface area contributed by atoms with Crippen LogP contribution in [0.3, 0.4) is 0 Å². The first-order chi connectivity index (χ1) is 25.1. The van der Waals surface area contributed by atoms with Crippen LogP contribution in [0.25, 0.3) is 43.6 Å². The molecule has 52 heavy (non-hydrogen) atoms. The van der Waals surface area contributed by atoms with E-state index in [1.165, 1.54) is 11.1 Å². The molecule has 6 nitrogen and oxygen atoms in total. The number of fused-ring (bicyclic) bond motifs is 6. The highest BCUT2D eigenvalue weighted by molar-refractivity contribution is 6.14. The molecule has 0 saturated carbocycles. The summed E-state index contributed by atoms with van der Waals surface area (Å²) in [5.74, 6) is 0.161. The van der Waals surface area contributed by atoms with E-state index >= 15 is 0 Å². The highest BCUT2D eigenvalue weighted by Gasteiger charge is 2.16. The van der Waals surface area contributed by atoms with Crippen molar-refractivity contribution in [3.63, 3.8) is 0 Å². The second kappa shape index (κ2) is 14.1. The van der Waals surface area contributed by atoms with Crippen LogP contribution in [-0.2, 0) is 13.1 Å². The highest BCUT2D eigenvalue weighted by Crippen LogP contribution is 2.33. The van der Waals surface area contributed by atoms with Crippen molar-refractivity contribution in [2.24, 2.45) is 0 Å². The molecule has 0 aliphatic carbocycles. The van der Waals surface area contributed by atoms with Crippen LogP contribution in [0.1, 0.15) is 80.3 Å². The third kappa shape index (κ3) is 6.59. The molecule has 6 aromatic carbocycles. The Labute approximate surface area is 301 Å². The van der Waals surface area contributed by atoms with E-state index in [4.69, 9.17) is 0 Å². The molecule has 0 aliphatic rings. The first-order valence-electron chi connectivity index (χ1n) is 17.3. The monoisotopic (exact) mass is 682 g/mol. The van der Waals surface area contributed by atoms with Gasteiger partial charge in [-0.15, -0.1) is 0 Å². The van der Waals surface area contributed by atoms with Gasteiger partial charge in [0.1, 0.15) is 0 Å². The average Bonchev–Trinajstić information content (AvgIpc) is 3.63. The van der Waals surface area contributed by atoms with Gasteiger partial charge >= 0.3 is 0 Å². The summed E-state index contributed by atoms with van der Waals surface area (Å²) in [6.45, 7) is 7.77. The van der Waals surface area contributed by atoms with Crippen molar-refractivity contribution in [3.05, 3.63) is 167 Å². The summed E-state index contributed by atoms with van der Waals surface area (Å²) in [6.07, 6.45) is 0. The molecule has 0 bridgehead atoms. The number of ketones is 4. The molecule has 8 rings (SSSR count). The van der Waals surface area contributed by atoms with Crippen molar-refractivity contribution >= 4 is 66.7 Å². The summed E-state index contributed by atoms with van der Waals surface area (Å²) >= 11 is 0. The molecule has 256 valence electrons. The molecule has 0 amide bonds. The lowest BCUT2D eigenvalue weighted by molar-refractivity contribution is 0.100. The predicted octanol–water partition coefficient (Wildman–Crippen LogP) is 10.5. The lowest BCUT2D eigenvalue weighted by atomic mass is 10.0. The van der Waals surface area contributed by atoms with Crippen LogP contribution >= 0.6 is 0 Å². The fraction of sp³-hybridized carbons (Fsp3) is 0.130. The van der Waals surface area contributed by atoms with Crippen molar-refractivity contribution in [1.29, 1.82) is 0 Å². The minimum absolute atomic E-state index is 0.0404. The minimum Gasteiger partial charge on any atom is -0.336 e. The highest BCUT2D eigenvalue weighted by atomic mass is 16.1. The number of carbonyl (C=O) groups excluding carboxylic acids is 4. The number of hydrogen-bond donors (Lipinski definition) is 0. The number of nitrogens with zero attached hydrogens (tertiary/aromatic N) is 2. The molecule has 0 spiro atoms. The van der Waals surface area contributed by atoms with E-state index < -0.39 is 0 Å². The molecular formula is C46H38N2O4. The average molecular weight is 683 g/mol. The zero-order chi connectivity index (χ0) is 36.5. The van der Waals surface area contributed by atoms with Gasteiger partial charge in [0.15, 0.2) is 23.1 Å². The summed E-state index contributed by atoms with van der Waals surface area (Å²) in [4.78, 5) is 47.3. The maximum Gasteiger partial charge on any atom is 0.159 e. The van der Waals surface area contributed by atoms with E-state index in [-0.39, 0.29) is 23.1 Å². The summed E-state index contributed by atoms with van der Waals surface area (Å²) in [6, 6.07) is 43.8. The maximum absolute atomic E-state index is 11.8. The molecular weight excluding hydrogens is 645 g/mol. The Kier molecular flexibility index (Phi) is 9.22. The van der Waals surface area contributed by atoms with Crippen molar-refractivity contribution in [2.75, 3.05) is 0 Å². The van der Waals surface area contributed by atoms with Gasteiger partial charge in [0.2, 0.25) is 0 Å². The lowest BCUT2D eigenvalue weighted by Gasteiger charge is -2.08. The molecule has 0 fully saturated rings. The van der Waals surface area contributed by atoms with Gasteiger partial charge in [0.05, 0.1) is 0 Å². The molecule has 8 aromatic rings. The number of benzene rings is 6. The Hall–Kier alpha value is -6.40. The van der Waals surface area contributed by atoms with Gasteiger partial charge in [0, 0.05) is 79.0 Å². The summed E-state index contributed by atoms with van der Waals surface area (Å²) < 4.78 is 4.49. The SMILES string of the molecule is CC(=O)c1ccc2c(c1)c1cc(C(C)=O)ccc1n2Cc1ccccc1.CC(=O)c1ccc2c(c1)c1cc(C(C)=O)ccc1n2Cc1ccccc1. The van der Waals surface area contributed by atoms with E-state index in [0.29, 0.717) is 22.3 Å². The largest absolute Gasteiger partial charge is 0.336 e. The van der Waals surface area contributed by atoms with Crippen LogP contribution in [0.4, 0.5) is 0 Å². The molecule has 0 unspecified atom stereocenters. The zero-order valence-corrected chi connectivity index (χ0v) is 29.6. The number of rotatable bonds is 8. The maximum atomic E-state index is 11.8. The molecule has 0 radical (unpaired) electrons. The fourth-order valence-electron chi connectivity index (χ4n) is 6.96. The van der Waals surface area contributed by atoms with Gasteiger partial charge < -0.3 is 9.13 Å². The molecule has 0 aliphatic heterocycles. The van der Waals surface area contributed by atoms with Crippen molar-refractivity contribution in [2.45, 2.75) is 40.8 Å². The Morgan fingerprint density at radius 3 is 0.846 bits per heavy atom. The van der Waals surface area contributed by atoms with Gasteiger partial charge in [-0.25, -0.2) is 0 Å². The van der Waals surface area contributed by atoms with Gasteiger partial charge in [-0.3, -0.25) is 19.2 Å². The molecule has 2 aromatic heterocycles. The van der Waals surface area contributed by atoms with Crippen molar-refractivity contribution in [3.8, 4) is 0 Å². The van der Waals surface area contributed by atoms with Crippen molar-refractivity contribution < 1.29 is 19.2 Å². The Morgan fingerprint density at radius 1 is 0.365 bits per heavy atom. The van der Waals surface area contributed by atoms with Gasteiger partial charge in [-0.2, -0.15) is 0 Å². The van der Waals surface area contributed by atoms with E-state index in [1.807, 2.05) is 109 Å². The Balaban J connectivity index is 0.000000162. The summed E-state index contributed by atoms with van der Waals surface area (Å²) in [5.41, 5.74) is 9.41. The van der Waals surface area contributed by atoms with Crippen LogP contribution in [-0.4, -0.2) is 32.3 Å². The van der Waals surface area contributed by atoms with Crippen molar-refractivity contribution in [1.82, 2.24) is 9.13 Å². The van der Waals surface area contributed by atoms with Crippen LogP contribution in [0.5, 0.6) is 0 Å². The standard InChI is InChI=1S/2C23H19NO2/c2*1-15(25)18-8-10-22-20(12-18)21-13-19(16(2)26)9-11-23(21)24(22)14-17-6-4-3-5-7-17/h2*3-13H,14H2,1-2H3. The lowest BCUT2D eigenvalue weighted by Crippen LogP contribution is -2.00. The van der Waals surface area contributed by atoms with Crippen LogP contribution in [0.15, 0.2) is 133 Å². The summed E-state index contributed by atoms with van der Waals surface area (Å²) in [7, 11) is 0.